The van der Waals surface area contributed by atoms with E-state index in [0.717, 1.165) is 37.2 Å². The van der Waals surface area contributed by atoms with Gasteiger partial charge in [0.15, 0.2) is 0 Å². The van der Waals surface area contributed by atoms with E-state index < -0.39 is 0 Å². The SMILES string of the molecule is Cc1cccn2c(=O)c(C=C3SC(=S)N(C(C)C)C3=O)c(NC3CCC(C)CC3)nc12. The number of nitrogens with zero attached hydrogens (tertiary/aromatic N) is 3. The molecule has 1 aliphatic heterocycles. The van der Waals surface area contributed by atoms with Crippen LogP contribution in [-0.4, -0.2) is 36.6 Å². The van der Waals surface area contributed by atoms with Crippen LogP contribution in [0.3, 0.4) is 0 Å². The highest BCUT2D eigenvalue weighted by Gasteiger charge is 2.34. The molecule has 2 fully saturated rings. The number of fused-ring (bicyclic) bond motifs is 1. The zero-order chi connectivity index (χ0) is 22.3. The first-order valence-corrected chi connectivity index (χ1v) is 12.0. The highest BCUT2D eigenvalue weighted by atomic mass is 32.2. The fourth-order valence-electron chi connectivity index (χ4n) is 4.21. The molecule has 6 nitrogen and oxygen atoms in total. The molecular formula is C23H28N4O2S2. The normalized spacial score (nSPS) is 23.4. The average Bonchev–Trinajstić information content (AvgIpc) is 3.00. The van der Waals surface area contributed by atoms with Crippen LogP contribution in [-0.2, 0) is 4.79 Å². The molecular weight excluding hydrogens is 428 g/mol. The molecule has 31 heavy (non-hydrogen) atoms. The smallest absolute Gasteiger partial charge is 0.267 e. The van der Waals surface area contributed by atoms with Gasteiger partial charge in [0.2, 0.25) is 0 Å². The second-order valence-electron chi connectivity index (χ2n) is 8.81. The second kappa shape index (κ2) is 8.74. The van der Waals surface area contributed by atoms with Gasteiger partial charge in [-0.05, 0) is 70.1 Å². The number of thioether (sulfide) groups is 1. The summed E-state index contributed by atoms with van der Waals surface area (Å²) >= 11 is 6.64. The van der Waals surface area contributed by atoms with Crippen LogP contribution < -0.4 is 10.9 Å². The summed E-state index contributed by atoms with van der Waals surface area (Å²) < 4.78 is 2.07. The summed E-state index contributed by atoms with van der Waals surface area (Å²) in [5.74, 6) is 1.12. The topological polar surface area (TPSA) is 66.7 Å². The van der Waals surface area contributed by atoms with Crippen LogP contribution >= 0.6 is 24.0 Å². The van der Waals surface area contributed by atoms with Crippen molar-refractivity contribution in [2.24, 2.45) is 5.92 Å². The number of aromatic nitrogens is 2. The molecule has 0 bridgehead atoms. The Bertz CT molecular complexity index is 1130. The molecule has 1 saturated heterocycles. The molecule has 2 aliphatic rings. The van der Waals surface area contributed by atoms with Crippen molar-refractivity contribution >= 4 is 51.7 Å². The summed E-state index contributed by atoms with van der Waals surface area (Å²) in [6.45, 7) is 8.09. The number of anilines is 1. The van der Waals surface area contributed by atoms with Gasteiger partial charge >= 0.3 is 0 Å². The lowest BCUT2D eigenvalue weighted by molar-refractivity contribution is -0.123. The Hall–Kier alpha value is -2.19. The van der Waals surface area contributed by atoms with Gasteiger partial charge in [0.25, 0.3) is 11.5 Å². The van der Waals surface area contributed by atoms with E-state index in [1.165, 1.54) is 11.8 Å². The molecule has 0 spiro atoms. The number of carbonyl (C=O) groups is 1. The number of hydrogen-bond donors (Lipinski definition) is 1. The highest BCUT2D eigenvalue weighted by molar-refractivity contribution is 8.26. The molecule has 0 unspecified atom stereocenters. The average molecular weight is 457 g/mol. The van der Waals surface area contributed by atoms with Gasteiger partial charge in [-0.1, -0.05) is 37.0 Å². The number of carbonyl (C=O) groups excluding carboxylic acids is 1. The first-order valence-electron chi connectivity index (χ1n) is 10.8. The molecule has 0 aromatic carbocycles. The summed E-state index contributed by atoms with van der Waals surface area (Å²) in [4.78, 5) is 33.3. The Morgan fingerprint density at radius 3 is 2.61 bits per heavy atom. The maximum Gasteiger partial charge on any atom is 0.267 e. The molecule has 3 heterocycles. The summed E-state index contributed by atoms with van der Waals surface area (Å²) in [6.07, 6.45) is 7.80. The zero-order valence-corrected chi connectivity index (χ0v) is 20.0. The first-order chi connectivity index (χ1) is 14.8. The molecule has 164 valence electrons. The lowest BCUT2D eigenvalue weighted by Crippen LogP contribution is -2.34. The molecule has 0 atom stereocenters. The number of nitrogens with one attached hydrogen (secondary N) is 1. The minimum atomic E-state index is -0.185. The maximum absolute atomic E-state index is 13.5. The maximum atomic E-state index is 13.5. The number of aryl methyl sites for hydroxylation is 1. The van der Waals surface area contributed by atoms with Crippen LogP contribution in [0.4, 0.5) is 5.82 Å². The van der Waals surface area contributed by atoms with Gasteiger partial charge in [-0.3, -0.25) is 18.9 Å². The number of hydrogen-bond acceptors (Lipinski definition) is 6. The van der Waals surface area contributed by atoms with Crippen LogP contribution in [0, 0.1) is 12.8 Å². The zero-order valence-electron chi connectivity index (χ0n) is 18.3. The van der Waals surface area contributed by atoms with Gasteiger partial charge in [-0.2, -0.15) is 0 Å². The largest absolute Gasteiger partial charge is 0.367 e. The molecule has 1 amide bonds. The van der Waals surface area contributed by atoms with Crippen LogP contribution in [0.15, 0.2) is 28.0 Å². The van der Waals surface area contributed by atoms with Crippen molar-refractivity contribution in [3.05, 3.63) is 44.7 Å². The van der Waals surface area contributed by atoms with E-state index in [1.807, 2.05) is 32.9 Å². The number of rotatable bonds is 4. The Labute approximate surface area is 192 Å². The third kappa shape index (κ3) is 4.28. The van der Waals surface area contributed by atoms with Crippen LogP contribution in [0.1, 0.15) is 57.6 Å². The minimum absolute atomic E-state index is 0.0290. The first kappa shape index (κ1) is 22.0. The van der Waals surface area contributed by atoms with Crippen molar-refractivity contribution in [1.82, 2.24) is 14.3 Å². The Morgan fingerprint density at radius 1 is 1.26 bits per heavy atom. The second-order valence-corrected chi connectivity index (χ2v) is 10.5. The van der Waals surface area contributed by atoms with Crippen molar-refractivity contribution in [3.8, 4) is 0 Å². The molecule has 1 saturated carbocycles. The van der Waals surface area contributed by atoms with Gasteiger partial charge in [0, 0.05) is 18.3 Å². The van der Waals surface area contributed by atoms with Crippen LogP contribution in [0.5, 0.6) is 0 Å². The fraction of sp³-hybridized carbons (Fsp3) is 0.478. The van der Waals surface area contributed by atoms with E-state index in [2.05, 4.69) is 12.2 Å². The summed E-state index contributed by atoms with van der Waals surface area (Å²) in [6, 6.07) is 4.02. The van der Waals surface area contributed by atoms with E-state index in [4.69, 9.17) is 17.2 Å². The molecule has 2 aromatic heterocycles. The van der Waals surface area contributed by atoms with Crippen molar-refractivity contribution in [3.63, 3.8) is 0 Å². The Balaban J connectivity index is 1.81. The molecule has 1 N–H and O–H groups in total. The third-order valence-electron chi connectivity index (χ3n) is 6.06. The van der Waals surface area contributed by atoms with Crippen molar-refractivity contribution in [2.75, 3.05) is 5.32 Å². The van der Waals surface area contributed by atoms with E-state index in [0.29, 0.717) is 26.3 Å². The summed E-state index contributed by atoms with van der Waals surface area (Å²) in [7, 11) is 0. The summed E-state index contributed by atoms with van der Waals surface area (Å²) in [5.41, 5.74) is 1.78. The number of pyridine rings is 1. The van der Waals surface area contributed by atoms with Gasteiger partial charge in [0.05, 0.1) is 10.5 Å². The number of amides is 1. The van der Waals surface area contributed by atoms with Crippen molar-refractivity contribution in [2.45, 2.75) is 65.5 Å². The Kier molecular flexibility index (Phi) is 6.21. The quantitative estimate of drug-likeness (QED) is 0.536. The van der Waals surface area contributed by atoms with E-state index in [1.54, 1.807) is 21.6 Å². The van der Waals surface area contributed by atoms with Crippen LogP contribution in [0.25, 0.3) is 11.7 Å². The molecule has 0 radical (unpaired) electrons. The molecule has 4 rings (SSSR count). The molecule has 1 aliphatic carbocycles. The van der Waals surface area contributed by atoms with Gasteiger partial charge in [-0.25, -0.2) is 4.98 Å². The predicted molar refractivity (Wildman–Crippen MR) is 131 cm³/mol. The molecule has 8 heteroatoms. The van der Waals surface area contributed by atoms with Gasteiger partial charge in [-0.15, -0.1) is 0 Å². The minimum Gasteiger partial charge on any atom is -0.367 e. The van der Waals surface area contributed by atoms with E-state index >= 15 is 0 Å². The fourth-order valence-corrected chi connectivity index (χ4v) is 5.71. The summed E-state index contributed by atoms with van der Waals surface area (Å²) in [5, 5.41) is 3.53. The monoisotopic (exact) mass is 456 g/mol. The van der Waals surface area contributed by atoms with Crippen molar-refractivity contribution < 1.29 is 4.79 Å². The van der Waals surface area contributed by atoms with E-state index in [-0.39, 0.29) is 23.6 Å². The third-order valence-corrected chi connectivity index (χ3v) is 7.39. The van der Waals surface area contributed by atoms with Gasteiger partial charge < -0.3 is 5.32 Å². The lowest BCUT2D eigenvalue weighted by Gasteiger charge is -2.28. The number of thiocarbonyl (C=S) groups is 1. The van der Waals surface area contributed by atoms with Crippen LogP contribution in [0.2, 0.25) is 0 Å². The standard InChI is InChI=1S/C23H28N4O2S2/c1-13(2)27-22(29)18(31-23(27)30)12-17-19(24-16-9-7-14(3)8-10-16)25-20-15(4)6-5-11-26(20)21(17)28/h5-6,11-14,16,24H,7-10H2,1-4H3. The predicted octanol–water partition coefficient (Wildman–Crippen LogP) is 4.60. The van der Waals surface area contributed by atoms with Crippen molar-refractivity contribution in [1.29, 1.82) is 0 Å². The highest BCUT2D eigenvalue weighted by Crippen LogP contribution is 2.34. The molecule has 2 aromatic rings. The van der Waals surface area contributed by atoms with Gasteiger partial charge in [0.1, 0.15) is 15.8 Å². The van der Waals surface area contributed by atoms with E-state index in [9.17, 15) is 9.59 Å². The lowest BCUT2D eigenvalue weighted by atomic mass is 9.87. The Morgan fingerprint density at radius 2 is 1.97 bits per heavy atom.